The van der Waals surface area contributed by atoms with Crippen LogP contribution in [0, 0.1) is 6.92 Å². The molecule has 1 saturated carbocycles. The van der Waals surface area contributed by atoms with E-state index in [1.807, 2.05) is 0 Å². The molecule has 0 saturated heterocycles. The lowest BCUT2D eigenvalue weighted by atomic mass is 10.5. The van der Waals surface area contributed by atoms with Crippen molar-refractivity contribution in [1.29, 1.82) is 0 Å². The van der Waals surface area contributed by atoms with Gasteiger partial charge in [0.05, 0.1) is 0 Å². The van der Waals surface area contributed by atoms with Crippen molar-refractivity contribution in [3.63, 3.8) is 0 Å². The third kappa shape index (κ3) is 1.26. The summed E-state index contributed by atoms with van der Waals surface area (Å²) in [4.78, 5) is 22.6. The SMILES string of the molecule is Cc1nc(Cl)c2c(n1)[nH]c(=O)n2C1CC1. The maximum absolute atomic E-state index is 11.7. The summed E-state index contributed by atoms with van der Waals surface area (Å²) in [5.74, 6) is 0.566. The number of nitrogens with zero attached hydrogens (tertiary/aromatic N) is 3. The van der Waals surface area contributed by atoms with E-state index in [0.717, 1.165) is 12.8 Å². The minimum atomic E-state index is -0.144. The molecule has 1 aliphatic carbocycles. The van der Waals surface area contributed by atoms with Crippen LogP contribution in [0.15, 0.2) is 4.79 Å². The monoisotopic (exact) mass is 224 g/mol. The van der Waals surface area contributed by atoms with Crippen LogP contribution in [0.25, 0.3) is 11.2 Å². The number of H-pyrrole nitrogens is 1. The molecule has 1 aliphatic rings. The Kier molecular flexibility index (Phi) is 1.68. The van der Waals surface area contributed by atoms with E-state index in [9.17, 15) is 4.79 Å². The van der Waals surface area contributed by atoms with E-state index in [4.69, 9.17) is 11.6 Å². The number of fused-ring (bicyclic) bond motifs is 1. The zero-order valence-corrected chi connectivity index (χ0v) is 8.88. The van der Waals surface area contributed by atoms with Crippen LogP contribution < -0.4 is 5.69 Å². The molecule has 2 aromatic heterocycles. The first-order valence-electron chi connectivity index (χ1n) is 4.81. The van der Waals surface area contributed by atoms with Gasteiger partial charge in [-0.05, 0) is 19.8 Å². The molecule has 2 heterocycles. The summed E-state index contributed by atoms with van der Waals surface area (Å²) < 4.78 is 1.66. The van der Waals surface area contributed by atoms with Crippen molar-refractivity contribution in [3.8, 4) is 0 Å². The molecular formula is C9H9ClN4O. The van der Waals surface area contributed by atoms with Crippen molar-refractivity contribution in [2.45, 2.75) is 25.8 Å². The van der Waals surface area contributed by atoms with Gasteiger partial charge in [-0.15, -0.1) is 0 Å². The van der Waals surface area contributed by atoms with Crippen LogP contribution in [0.4, 0.5) is 0 Å². The Balaban J connectivity index is 2.43. The molecule has 0 aliphatic heterocycles. The summed E-state index contributed by atoms with van der Waals surface area (Å²) in [7, 11) is 0. The molecule has 2 aromatic rings. The molecule has 0 aromatic carbocycles. The summed E-state index contributed by atoms with van der Waals surface area (Å²) in [6, 6.07) is 0.273. The van der Waals surface area contributed by atoms with Crippen molar-refractivity contribution < 1.29 is 0 Å². The number of aromatic amines is 1. The Morgan fingerprint density at radius 2 is 2.20 bits per heavy atom. The lowest BCUT2D eigenvalue weighted by Crippen LogP contribution is -2.15. The predicted molar refractivity (Wildman–Crippen MR) is 56.2 cm³/mol. The van der Waals surface area contributed by atoms with E-state index < -0.39 is 0 Å². The second kappa shape index (κ2) is 2.82. The highest BCUT2D eigenvalue weighted by molar-refractivity contribution is 6.33. The largest absolute Gasteiger partial charge is 0.328 e. The number of halogens is 1. The van der Waals surface area contributed by atoms with E-state index in [0.29, 0.717) is 22.1 Å². The second-order valence-electron chi connectivity index (χ2n) is 3.79. The van der Waals surface area contributed by atoms with E-state index in [1.165, 1.54) is 0 Å². The fourth-order valence-electron chi connectivity index (χ4n) is 1.78. The first-order valence-corrected chi connectivity index (χ1v) is 5.19. The summed E-state index contributed by atoms with van der Waals surface area (Å²) in [6.45, 7) is 1.75. The van der Waals surface area contributed by atoms with E-state index in [1.54, 1.807) is 11.5 Å². The van der Waals surface area contributed by atoms with Gasteiger partial charge in [0.1, 0.15) is 11.3 Å². The number of rotatable bonds is 1. The molecule has 6 heteroatoms. The molecule has 5 nitrogen and oxygen atoms in total. The van der Waals surface area contributed by atoms with Crippen molar-refractivity contribution in [2.75, 3.05) is 0 Å². The Bertz CT molecular complexity index is 596. The molecule has 3 rings (SSSR count). The number of imidazole rings is 1. The van der Waals surface area contributed by atoms with Gasteiger partial charge in [0, 0.05) is 6.04 Å². The lowest BCUT2D eigenvalue weighted by Gasteiger charge is -2.00. The molecule has 0 unspecified atom stereocenters. The lowest BCUT2D eigenvalue weighted by molar-refractivity contribution is 0.732. The van der Waals surface area contributed by atoms with Crippen LogP contribution in [0.3, 0.4) is 0 Å². The Labute approximate surface area is 90.1 Å². The van der Waals surface area contributed by atoms with Gasteiger partial charge in [0.25, 0.3) is 0 Å². The van der Waals surface area contributed by atoms with Gasteiger partial charge < -0.3 is 0 Å². The van der Waals surface area contributed by atoms with Crippen LogP contribution in [0.2, 0.25) is 5.15 Å². The maximum Gasteiger partial charge on any atom is 0.328 e. The molecule has 15 heavy (non-hydrogen) atoms. The molecule has 78 valence electrons. The highest BCUT2D eigenvalue weighted by Crippen LogP contribution is 2.36. The highest BCUT2D eigenvalue weighted by atomic mass is 35.5. The topological polar surface area (TPSA) is 63.6 Å². The smallest absolute Gasteiger partial charge is 0.290 e. The average molecular weight is 225 g/mol. The molecule has 0 radical (unpaired) electrons. The molecule has 0 atom stereocenters. The number of hydrogen-bond acceptors (Lipinski definition) is 3. The van der Waals surface area contributed by atoms with Gasteiger partial charge in [-0.2, -0.15) is 0 Å². The third-order valence-electron chi connectivity index (χ3n) is 2.55. The normalized spacial score (nSPS) is 16.1. The summed E-state index contributed by atoms with van der Waals surface area (Å²) in [5.41, 5.74) is 1.02. The highest BCUT2D eigenvalue weighted by Gasteiger charge is 2.28. The Morgan fingerprint density at radius 3 is 2.87 bits per heavy atom. The first kappa shape index (κ1) is 8.91. The molecule has 0 spiro atoms. The zero-order valence-electron chi connectivity index (χ0n) is 8.12. The zero-order chi connectivity index (χ0) is 10.6. The molecular weight excluding hydrogens is 216 g/mol. The molecule has 0 bridgehead atoms. The summed E-state index contributed by atoms with van der Waals surface area (Å²) in [6.07, 6.45) is 2.05. The van der Waals surface area contributed by atoms with Crippen molar-refractivity contribution >= 4 is 22.8 Å². The quantitative estimate of drug-likeness (QED) is 0.745. The molecule has 0 amide bonds. The van der Waals surface area contributed by atoms with Gasteiger partial charge in [0.2, 0.25) is 0 Å². The van der Waals surface area contributed by atoms with E-state index in [2.05, 4.69) is 15.0 Å². The number of aryl methyl sites for hydroxylation is 1. The van der Waals surface area contributed by atoms with Crippen molar-refractivity contribution in [3.05, 3.63) is 21.5 Å². The standard InChI is InChI=1S/C9H9ClN4O/c1-4-11-7(10)6-8(12-4)13-9(15)14(6)5-2-3-5/h5H,2-3H2,1H3,(H,11,12,13,15). The van der Waals surface area contributed by atoms with Gasteiger partial charge in [-0.25, -0.2) is 14.8 Å². The summed E-state index contributed by atoms with van der Waals surface area (Å²) in [5, 5.41) is 0.350. The van der Waals surface area contributed by atoms with Crippen molar-refractivity contribution in [1.82, 2.24) is 19.5 Å². The van der Waals surface area contributed by atoms with Gasteiger partial charge >= 0.3 is 5.69 Å². The van der Waals surface area contributed by atoms with Crippen LogP contribution >= 0.6 is 11.6 Å². The predicted octanol–water partition coefficient (Wildman–Crippen LogP) is 1.42. The second-order valence-corrected chi connectivity index (χ2v) is 4.15. The van der Waals surface area contributed by atoms with Crippen LogP contribution in [0.5, 0.6) is 0 Å². The fourth-order valence-corrected chi connectivity index (χ4v) is 2.08. The fraction of sp³-hybridized carbons (Fsp3) is 0.444. The average Bonchev–Trinajstić information content (AvgIpc) is 2.89. The van der Waals surface area contributed by atoms with Crippen LogP contribution in [0.1, 0.15) is 24.7 Å². The minimum Gasteiger partial charge on any atom is -0.290 e. The van der Waals surface area contributed by atoms with Crippen LogP contribution in [-0.2, 0) is 0 Å². The maximum atomic E-state index is 11.7. The van der Waals surface area contributed by atoms with Gasteiger partial charge in [-0.3, -0.25) is 9.55 Å². The van der Waals surface area contributed by atoms with E-state index >= 15 is 0 Å². The minimum absolute atomic E-state index is 0.144. The van der Waals surface area contributed by atoms with Gasteiger partial charge in [0.15, 0.2) is 10.8 Å². The van der Waals surface area contributed by atoms with E-state index in [-0.39, 0.29) is 11.7 Å². The Hall–Kier alpha value is -1.36. The number of hydrogen-bond donors (Lipinski definition) is 1. The molecule has 1 fully saturated rings. The van der Waals surface area contributed by atoms with Crippen molar-refractivity contribution in [2.24, 2.45) is 0 Å². The Morgan fingerprint density at radius 1 is 1.47 bits per heavy atom. The third-order valence-corrected chi connectivity index (χ3v) is 2.81. The number of nitrogens with one attached hydrogen (secondary N) is 1. The number of aromatic nitrogens is 4. The summed E-state index contributed by atoms with van der Waals surface area (Å²) >= 11 is 6.02. The van der Waals surface area contributed by atoms with Crippen LogP contribution in [-0.4, -0.2) is 19.5 Å². The first-order chi connectivity index (χ1) is 7.16. The van der Waals surface area contributed by atoms with Gasteiger partial charge in [-0.1, -0.05) is 11.6 Å². The molecule has 1 N–H and O–H groups in total.